The van der Waals surface area contributed by atoms with Gasteiger partial charge in [0.25, 0.3) is 0 Å². The van der Waals surface area contributed by atoms with Gasteiger partial charge < -0.3 is 10.1 Å². The molecule has 0 atom stereocenters. The Morgan fingerprint density at radius 1 is 1.25 bits per heavy atom. The molecule has 0 saturated heterocycles. The van der Waals surface area contributed by atoms with Crippen molar-refractivity contribution >= 4 is 0 Å². The van der Waals surface area contributed by atoms with Gasteiger partial charge in [-0.1, -0.05) is 13.8 Å². The van der Waals surface area contributed by atoms with Crippen LogP contribution in [-0.2, 0) is 6.54 Å². The van der Waals surface area contributed by atoms with Crippen LogP contribution in [0.25, 0.3) is 0 Å². The van der Waals surface area contributed by atoms with E-state index in [0.29, 0.717) is 11.9 Å². The van der Waals surface area contributed by atoms with Crippen molar-refractivity contribution in [2.24, 2.45) is 0 Å². The van der Waals surface area contributed by atoms with Gasteiger partial charge in [-0.15, -0.1) is 0 Å². The zero-order valence-corrected chi connectivity index (χ0v) is 12.5. The minimum Gasteiger partial charge on any atom is -0.437 e. The predicted molar refractivity (Wildman–Crippen MR) is 80.0 cm³/mol. The number of pyridine rings is 2. The van der Waals surface area contributed by atoms with Crippen LogP contribution < -0.4 is 10.1 Å². The molecule has 0 aliphatic rings. The molecule has 0 spiro atoms. The van der Waals surface area contributed by atoms with Crippen molar-refractivity contribution in [1.82, 2.24) is 15.3 Å². The molecule has 2 aromatic rings. The van der Waals surface area contributed by atoms with Gasteiger partial charge >= 0.3 is 0 Å². The van der Waals surface area contributed by atoms with Crippen molar-refractivity contribution in [3.05, 3.63) is 47.4 Å². The molecule has 0 aliphatic carbocycles. The maximum absolute atomic E-state index is 5.84. The second-order valence-electron chi connectivity index (χ2n) is 5.18. The lowest BCUT2D eigenvalue weighted by Gasteiger charge is -2.11. The molecule has 0 unspecified atom stereocenters. The van der Waals surface area contributed by atoms with Crippen LogP contribution in [-0.4, -0.2) is 16.0 Å². The fourth-order valence-electron chi connectivity index (χ4n) is 1.87. The molecule has 0 amide bonds. The number of rotatable bonds is 5. The van der Waals surface area contributed by atoms with Crippen molar-refractivity contribution in [2.75, 3.05) is 0 Å². The topological polar surface area (TPSA) is 47.0 Å². The van der Waals surface area contributed by atoms with Crippen LogP contribution in [0.15, 0.2) is 30.5 Å². The molecule has 2 heterocycles. The quantitative estimate of drug-likeness (QED) is 0.905. The highest BCUT2D eigenvalue weighted by atomic mass is 16.5. The second-order valence-corrected chi connectivity index (χ2v) is 5.18. The van der Waals surface area contributed by atoms with Crippen LogP contribution in [0.5, 0.6) is 11.6 Å². The first kappa shape index (κ1) is 14.5. The van der Waals surface area contributed by atoms with E-state index in [-0.39, 0.29) is 0 Å². The van der Waals surface area contributed by atoms with Gasteiger partial charge in [-0.3, -0.25) is 4.98 Å². The van der Waals surface area contributed by atoms with Crippen molar-refractivity contribution < 1.29 is 4.74 Å². The molecule has 2 aromatic heterocycles. The molecule has 0 saturated carbocycles. The van der Waals surface area contributed by atoms with Gasteiger partial charge in [0.15, 0.2) is 5.75 Å². The molecule has 4 nitrogen and oxygen atoms in total. The third-order valence-electron chi connectivity index (χ3n) is 2.88. The lowest BCUT2D eigenvalue weighted by molar-refractivity contribution is 0.453. The molecule has 20 heavy (non-hydrogen) atoms. The highest BCUT2D eigenvalue weighted by molar-refractivity contribution is 5.32. The van der Waals surface area contributed by atoms with Gasteiger partial charge in [0.05, 0.1) is 5.69 Å². The summed E-state index contributed by atoms with van der Waals surface area (Å²) >= 11 is 0. The zero-order chi connectivity index (χ0) is 14.5. The van der Waals surface area contributed by atoms with Crippen LogP contribution in [0.2, 0.25) is 0 Å². The Morgan fingerprint density at radius 2 is 2.05 bits per heavy atom. The molecular weight excluding hydrogens is 250 g/mol. The van der Waals surface area contributed by atoms with E-state index in [0.717, 1.165) is 23.7 Å². The van der Waals surface area contributed by atoms with Gasteiger partial charge in [-0.25, -0.2) is 4.98 Å². The van der Waals surface area contributed by atoms with E-state index in [1.165, 1.54) is 5.56 Å². The molecule has 0 fully saturated rings. The summed E-state index contributed by atoms with van der Waals surface area (Å²) in [7, 11) is 0. The van der Waals surface area contributed by atoms with E-state index in [2.05, 4.69) is 35.2 Å². The van der Waals surface area contributed by atoms with E-state index in [1.54, 1.807) is 6.20 Å². The minimum atomic E-state index is 0.452. The Labute approximate surface area is 120 Å². The number of aryl methyl sites for hydroxylation is 2. The van der Waals surface area contributed by atoms with Crippen LogP contribution in [0, 0.1) is 13.8 Å². The molecule has 2 rings (SSSR count). The van der Waals surface area contributed by atoms with E-state index in [4.69, 9.17) is 4.74 Å². The van der Waals surface area contributed by atoms with Gasteiger partial charge in [0, 0.05) is 30.5 Å². The highest BCUT2D eigenvalue weighted by Gasteiger charge is 2.06. The third kappa shape index (κ3) is 4.03. The first-order valence-electron chi connectivity index (χ1n) is 6.85. The first-order chi connectivity index (χ1) is 9.54. The first-order valence-corrected chi connectivity index (χ1v) is 6.85. The Morgan fingerprint density at radius 3 is 2.75 bits per heavy atom. The monoisotopic (exact) mass is 271 g/mol. The van der Waals surface area contributed by atoms with Crippen LogP contribution >= 0.6 is 0 Å². The maximum Gasteiger partial charge on any atom is 0.219 e. The average molecular weight is 271 g/mol. The summed E-state index contributed by atoms with van der Waals surface area (Å²) in [6, 6.07) is 8.25. The van der Waals surface area contributed by atoms with Gasteiger partial charge in [0.2, 0.25) is 5.88 Å². The summed E-state index contributed by atoms with van der Waals surface area (Å²) in [5.74, 6) is 1.36. The van der Waals surface area contributed by atoms with Gasteiger partial charge in [-0.2, -0.15) is 0 Å². The summed E-state index contributed by atoms with van der Waals surface area (Å²) in [5.41, 5.74) is 2.98. The number of hydrogen-bond acceptors (Lipinski definition) is 4. The number of nitrogens with zero attached hydrogens (tertiary/aromatic N) is 2. The van der Waals surface area contributed by atoms with Gasteiger partial charge in [0.1, 0.15) is 0 Å². The average Bonchev–Trinajstić information content (AvgIpc) is 2.38. The Bertz CT molecular complexity index is 582. The zero-order valence-electron chi connectivity index (χ0n) is 12.5. The molecule has 0 radical (unpaired) electrons. The molecular formula is C16H21N3O. The SMILES string of the molecule is Cc1cc(CNC(C)C)cc(Oc2cccnc2C)n1. The second kappa shape index (κ2) is 6.48. The number of hydrogen-bond donors (Lipinski definition) is 1. The van der Waals surface area contributed by atoms with Crippen LogP contribution in [0.4, 0.5) is 0 Å². The minimum absolute atomic E-state index is 0.452. The molecule has 0 bridgehead atoms. The third-order valence-corrected chi connectivity index (χ3v) is 2.88. The summed E-state index contributed by atoms with van der Waals surface area (Å²) in [6.07, 6.45) is 1.75. The van der Waals surface area contributed by atoms with E-state index in [1.807, 2.05) is 32.0 Å². The fourth-order valence-corrected chi connectivity index (χ4v) is 1.87. The standard InChI is InChI=1S/C16H21N3O/c1-11(2)18-10-14-8-12(3)19-16(9-14)20-15-6-5-7-17-13(15)4/h5-9,11,18H,10H2,1-4H3. The van der Waals surface area contributed by atoms with E-state index in [9.17, 15) is 0 Å². The largest absolute Gasteiger partial charge is 0.437 e. The summed E-state index contributed by atoms with van der Waals surface area (Å²) in [5, 5.41) is 3.40. The van der Waals surface area contributed by atoms with Crippen molar-refractivity contribution in [1.29, 1.82) is 0 Å². The number of ether oxygens (including phenoxy) is 1. The molecule has 106 valence electrons. The van der Waals surface area contributed by atoms with E-state index < -0.39 is 0 Å². The van der Waals surface area contributed by atoms with Crippen molar-refractivity contribution in [2.45, 2.75) is 40.3 Å². The van der Waals surface area contributed by atoms with Crippen LogP contribution in [0.1, 0.15) is 30.8 Å². The molecule has 0 aliphatic heterocycles. The number of nitrogens with one attached hydrogen (secondary N) is 1. The summed E-state index contributed by atoms with van der Waals surface area (Å²) in [4.78, 5) is 8.63. The molecule has 0 aromatic carbocycles. The van der Waals surface area contributed by atoms with Crippen molar-refractivity contribution in [3.8, 4) is 11.6 Å². The van der Waals surface area contributed by atoms with E-state index >= 15 is 0 Å². The Hall–Kier alpha value is -1.94. The van der Waals surface area contributed by atoms with Gasteiger partial charge in [-0.05, 0) is 37.6 Å². The molecule has 1 N–H and O–H groups in total. The highest BCUT2D eigenvalue weighted by Crippen LogP contribution is 2.23. The predicted octanol–water partition coefficient (Wildman–Crippen LogP) is 3.38. The molecule has 4 heteroatoms. The maximum atomic E-state index is 5.84. The van der Waals surface area contributed by atoms with Crippen LogP contribution in [0.3, 0.4) is 0 Å². The lowest BCUT2D eigenvalue weighted by Crippen LogP contribution is -2.21. The van der Waals surface area contributed by atoms with Crippen molar-refractivity contribution in [3.63, 3.8) is 0 Å². The Balaban J connectivity index is 2.17. The summed E-state index contributed by atoms with van der Waals surface area (Å²) < 4.78 is 5.84. The smallest absolute Gasteiger partial charge is 0.219 e. The number of aromatic nitrogens is 2. The fraction of sp³-hybridized carbons (Fsp3) is 0.375. The summed E-state index contributed by atoms with van der Waals surface area (Å²) in [6.45, 7) is 8.96. The lowest BCUT2D eigenvalue weighted by atomic mass is 10.2. The normalized spacial score (nSPS) is 10.8. The Kier molecular flexibility index (Phi) is 4.69.